The Kier molecular flexibility index (Phi) is 5.28. The second-order valence-electron chi connectivity index (χ2n) is 7.56. The van der Waals surface area contributed by atoms with Crippen molar-refractivity contribution >= 4 is 5.91 Å². The Labute approximate surface area is 145 Å². The standard InChI is InChI=1S/C19H31N3O2/c1-4-5-11-21-12-6-8-19(10-13-21)9-7-18(23)22(19)14-17-15(2)20-24-16(17)3/h4-14H2,1-3H3/t19-/m1/s1. The number of nitrogens with zero attached hydrogens (tertiary/aromatic N) is 3. The quantitative estimate of drug-likeness (QED) is 0.828. The zero-order chi connectivity index (χ0) is 17.2. The summed E-state index contributed by atoms with van der Waals surface area (Å²) < 4.78 is 5.31. The van der Waals surface area contributed by atoms with Gasteiger partial charge in [0.05, 0.1) is 12.2 Å². The highest BCUT2D eigenvalue weighted by molar-refractivity contribution is 5.79. The van der Waals surface area contributed by atoms with E-state index >= 15 is 0 Å². The minimum Gasteiger partial charge on any atom is -0.361 e. The van der Waals surface area contributed by atoms with Crippen LogP contribution in [0.5, 0.6) is 0 Å². The molecule has 0 aliphatic carbocycles. The smallest absolute Gasteiger partial charge is 0.223 e. The summed E-state index contributed by atoms with van der Waals surface area (Å²) in [6.45, 7) is 10.3. The average Bonchev–Trinajstić information content (AvgIpc) is 2.95. The van der Waals surface area contributed by atoms with Gasteiger partial charge < -0.3 is 14.3 Å². The van der Waals surface area contributed by atoms with E-state index in [9.17, 15) is 4.79 Å². The van der Waals surface area contributed by atoms with Crippen molar-refractivity contribution in [3.8, 4) is 0 Å². The van der Waals surface area contributed by atoms with Crippen molar-refractivity contribution in [3.05, 3.63) is 17.0 Å². The van der Waals surface area contributed by atoms with Gasteiger partial charge >= 0.3 is 0 Å². The van der Waals surface area contributed by atoms with Crippen LogP contribution in [0.2, 0.25) is 0 Å². The molecule has 5 heteroatoms. The lowest BCUT2D eigenvalue weighted by atomic mass is 9.87. The average molecular weight is 333 g/mol. The number of hydrogen-bond acceptors (Lipinski definition) is 4. The largest absolute Gasteiger partial charge is 0.361 e. The highest BCUT2D eigenvalue weighted by Crippen LogP contribution is 2.40. The minimum atomic E-state index is 0.0498. The van der Waals surface area contributed by atoms with Crippen LogP contribution in [0.15, 0.2) is 4.52 Å². The molecule has 2 aliphatic rings. The van der Waals surface area contributed by atoms with Gasteiger partial charge in [-0.3, -0.25) is 4.79 Å². The molecule has 0 saturated carbocycles. The van der Waals surface area contributed by atoms with E-state index in [1.54, 1.807) is 0 Å². The summed E-state index contributed by atoms with van der Waals surface area (Å²) in [5.41, 5.74) is 2.06. The number of unbranched alkanes of at least 4 members (excludes halogenated alkanes) is 1. The number of amides is 1. The Morgan fingerprint density at radius 1 is 1.21 bits per heavy atom. The number of likely N-dealkylation sites (tertiary alicyclic amines) is 2. The van der Waals surface area contributed by atoms with Crippen LogP contribution in [0.25, 0.3) is 0 Å². The predicted molar refractivity (Wildman–Crippen MR) is 93.7 cm³/mol. The van der Waals surface area contributed by atoms with Gasteiger partial charge in [-0.25, -0.2) is 0 Å². The molecule has 24 heavy (non-hydrogen) atoms. The van der Waals surface area contributed by atoms with Crippen molar-refractivity contribution < 1.29 is 9.32 Å². The number of carbonyl (C=O) groups excluding carboxylic acids is 1. The van der Waals surface area contributed by atoms with Crippen molar-refractivity contribution in [2.45, 2.75) is 77.8 Å². The first kappa shape index (κ1) is 17.5. The molecule has 5 nitrogen and oxygen atoms in total. The third-order valence-corrected chi connectivity index (χ3v) is 6.01. The molecular weight excluding hydrogens is 302 g/mol. The summed E-state index contributed by atoms with van der Waals surface area (Å²) in [5, 5.41) is 4.06. The van der Waals surface area contributed by atoms with Gasteiger partial charge in [0.25, 0.3) is 0 Å². The Morgan fingerprint density at radius 3 is 2.75 bits per heavy atom. The normalized spacial score (nSPS) is 25.6. The molecule has 1 aromatic rings. The van der Waals surface area contributed by atoms with Crippen LogP contribution in [0.3, 0.4) is 0 Å². The number of carbonyl (C=O) groups is 1. The molecule has 2 saturated heterocycles. The van der Waals surface area contributed by atoms with Gasteiger partial charge in [0.1, 0.15) is 5.76 Å². The van der Waals surface area contributed by atoms with Gasteiger partial charge in [-0.05, 0) is 59.0 Å². The Bertz CT molecular complexity index is 564. The van der Waals surface area contributed by atoms with E-state index in [0.717, 1.165) is 42.8 Å². The number of rotatable bonds is 5. The molecule has 0 bridgehead atoms. The summed E-state index contributed by atoms with van der Waals surface area (Å²) in [4.78, 5) is 17.4. The zero-order valence-corrected chi connectivity index (χ0v) is 15.4. The summed E-state index contributed by atoms with van der Waals surface area (Å²) in [6.07, 6.45) is 7.65. The van der Waals surface area contributed by atoms with E-state index in [-0.39, 0.29) is 5.54 Å². The molecule has 1 aromatic heterocycles. The molecule has 2 fully saturated rings. The molecule has 134 valence electrons. The van der Waals surface area contributed by atoms with Crippen molar-refractivity contribution in [2.75, 3.05) is 19.6 Å². The third-order valence-electron chi connectivity index (χ3n) is 6.01. The van der Waals surface area contributed by atoms with Crippen LogP contribution in [0.4, 0.5) is 0 Å². The maximum absolute atomic E-state index is 12.6. The molecule has 1 spiro atoms. The highest BCUT2D eigenvalue weighted by atomic mass is 16.5. The molecule has 3 heterocycles. The van der Waals surface area contributed by atoms with E-state index in [0.29, 0.717) is 18.9 Å². The van der Waals surface area contributed by atoms with Crippen LogP contribution in [-0.2, 0) is 11.3 Å². The number of aryl methyl sites for hydroxylation is 2. The van der Waals surface area contributed by atoms with Crippen LogP contribution < -0.4 is 0 Å². The first-order valence-electron chi connectivity index (χ1n) is 9.50. The molecule has 2 aliphatic heterocycles. The third kappa shape index (κ3) is 3.37. The molecule has 0 N–H and O–H groups in total. The topological polar surface area (TPSA) is 49.6 Å². The van der Waals surface area contributed by atoms with Gasteiger partial charge in [-0.1, -0.05) is 18.5 Å². The van der Waals surface area contributed by atoms with E-state index in [1.165, 1.54) is 32.4 Å². The summed E-state index contributed by atoms with van der Waals surface area (Å²) >= 11 is 0. The summed E-state index contributed by atoms with van der Waals surface area (Å²) in [5.74, 6) is 1.15. The minimum absolute atomic E-state index is 0.0498. The fraction of sp³-hybridized carbons (Fsp3) is 0.789. The van der Waals surface area contributed by atoms with Crippen LogP contribution in [0.1, 0.15) is 68.9 Å². The molecule has 0 aromatic carbocycles. The van der Waals surface area contributed by atoms with Gasteiger partial charge in [-0.2, -0.15) is 0 Å². The number of hydrogen-bond donors (Lipinski definition) is 0. The van der Waals surface area contributed by atoms with E-state index in [2.05, 4.69) is 21.9 Å². The highest BCUT2D eigenvalue weighted by Gasteiger charge is 2.45. The molecule has 1 atom stereocenters. The zero-order valence-electron chi connectivity index (χ0n) is 15.4. The Balaban J connectivity index is 1.74. The first-order chi connectivity index (χ1) is 11.6. The molecule has 1 amide bonds. The van der Waals surface area contributed by atoms with Gasteiger partial charge in [0, 0.05) is 24.1 Å². The van der Waals surface area contributed by atoms with Crippen LogP contribution in [0, 0.1) is 13.8 Å². The van der Waals surface area contributed by atoms with Gasteiger partial charge in [0.2, 0.25) is 5.91 Å². The lowest BCUT2D eigenvalue weighted by Crippen LogP contribution is -2.46. The Morgan fingerprint density at radius 2 is 2.04 bits per heavy atom. The van der Waals surface area contributed by atoms with E-state index < -0.39 is 0 Å². The van der Waals surface area contributed by atoms with Crippen LogP contribution >= 0.6 is 0 Å². The number of aromatic nitrogens is 1. The maximum Gasteiger partial charge on any atom is 0.223 e. The van der Waals surface area contributed by atoms with Crippen molar-refractivity contribution in [1.29, 1.82) is 0 Å². The second-order valence-corrected chi connectivity index (χ2v) is 7.56. The Hall–Kier alpha value is -1.36. The summed E-state index contributed by atoms with van der Waals surface area (Å²) in [6, 6.07) is 0. The molecular formula is C19H31N3O2. The first-order valence-corrected chi connectivity index (χ1v) is 9.50. The fourth-order valence-electron chi connectivity index (χ4n) is 4.38. The maximum atomic E-state index is 12.6. The van der Waals surface area contributed by atoms with E-state index in [1.807, 2.05) is 13.8 Å². The SMILES string of the molecule is CCCCN1CCC[C@@]2(CCC(=O)N2Cc2c(C)noc2C)CC1. The molecule has 0 unspecified atom stereocenters. The van der Waals surface area contributed by atoms with Crippen LogP contribution in [-0.4, -0.2) is 46.0 Å². The lowest BCUT2D eigenvalue weighted by molar-refractivity contribution is -0.132. The van der Waals surface area contributed by atoms with Crippen molar-refractivity contribution in [3.63, 3.8) is 0 Å². The molecule has 0 radical (unpaired) electrons. The monoisotopic (exact) mass is 333 g/mol. The van der Waals surface area contributed by atoms with Gasteiger partial charge in [0.15, 0.2) is 0 Å². The predicted octanol–water partition coefficient (Wildman–Crippen LogP) is 3.44. The fourth-order valence-corrected chi connectivity index (χ4v) is 4.38. The van der Waals surface area contributed by atoms with Crippen molar-refractivity contribution in [1.82, 2.24) is 15.0 Å². The lowest BCUT2D eigenvalue weighted by Gasteiger charge is -2.38. The van der Waals surface area contributed by atoms with E-state index in [4.69, 9.17) is 4.52 Å². The summed E-state index contributed by atoms with van der Waals surface area (Å²) in [7, 11) is 0. The second kappa shape index (κ2) is 7.26. The van der Waals surface area contributed by atoms with Crippen molar-refractivity contribution in [2.24, 2.45) is 0 Å². The van der Waals surface area contributed by atoms with Gasteiger partial charge in [-0.15, -0.1) is 0 Å². The molecule has 3 rings (SSSR count).